The van der Waals surface area contributed by atoms with Gasteiger partial charge in [0.25, 0.3) is 0 Å². The highest BCUT2D eigenvalue weighted by atomic mass is 28.4. The minimum atomic E-state index is -1.64. The van der Waals surface area contributed by atoms with Gasteiger partial charge in [0.15, 0.2) is 8.32 Å². The number of fused-ring (bicyclic) bond motifs is 1. The normalized spacial score (nSPS) is 22.6. The van der Waals surface area contributed by atoms with Crippen LogP contribution in [-0.2, 0) is 10.8 Å². The minimum absolute atomic E-state index is 0.0867. The molecule has 0 saturated carbocycles. The van der Waals surface area contributed by atoms with Gasteiger partial charge < -0.3 is 9.53 Å². The van der Waals surface area contributed by atoms with Crippen LogP contribution in [0.15, 0.2) is 18.3 Å². The third-order valence-corrected chi connectivity index (χ3v) is 9.52. The molecule has 4 heteroatoms. The topological polar surface area (TPSA) is 42.4 Å². The fourth-order valence-corrected chi connectivity index (χ4v) is 6.08. The average Bonchev–Trinajstić information content (AvgIpc) is 2.52. The summed E-state index contributed by atoms with van der Waals surface area (Å²) >= 11 is 0. The quantitative estimate of drug-likeness (QED) is 0.813. The van der Waals surface area contributed by atoms with Gasteiger partial charge >= 0.3 is 0 Å². The van der Waals surface area contributed by atoms with Gasteiger partial charge in [-0.2, -0.15) is 0 Å². The summed E-state index contributed by atoms with van der Waals surface area (Å²) in [6.07, 6.45) is 3.79. The largest absolute Gasteiger partial charge is 0.408 e. The van der Waals surface area contributed by atoms with E-state index < -0.39 is 8.32 Å². The lowest BCUT2D eigenvalue weighted by molar-refractivity contribution is 0.110. The van der Waals surface area contributed by atoms with E-state index >= 15 is 0 Å². The summed E-state index contributed by atoms with van der Waals surface area (Å²) in [5.41, 5.74) is 2.37. The molecule has 2 rings (SSSR count). The van der Waals surface area contributed by atoms with Crippen LogP contribution in [0.25, 0.3) is 0 Å². The molecule has 1 N–H and O–H groups in total. The molecule has 0 aromatic carbocycles. The van der Waals surface area contributed by atoms with Crippen LogP contribution in [0.3, 0.4) is 0 Å². The lowest BCUT2D eigenvalue weighted by Crippen LogP contribution is -2.39. The summed E-state index contributed by atoms with van der Waals surface area (Å²) in [4.78, 5) is 4.57. The SMILES string of the molecule is CC[Si](CC)(CC)OC1CC(CO)Cc2cccnc21. The summed E-state index contributed by atoms with van der Waals surface area (Å²) < 4.78 is 6.65. The van der Waals surface area contributed by atoms with Crippen molar-refractivity contribution in [2.75, 3.05) is 6.61 Å². The Morgan fingerprint density at radius 3 is 2.60 bits per heavy atom. The number of pyridine rings is 1. The molecule has 2 atom stereocenters. The first-order valence-corrected chi connectivity index (χ1v) is 10.4. The average molecular weight is 293 g/mol. The van der Waals surface area contributed by atoms with E-state index in [0.717, 1.165) is 36.7 Å². The van der Waals surface area contributed by atoms with E-state index in [1.807, 2.05) is 12.3 Å². The molecular formula is C16H27NO2Si. The molecule has 1 heterocycles. The zero-order valence-corrected chi connectivity index (χ0v) is 13.9. The second-order valence-corrected chi connectivity index (χ2v) is 10.6. The Morgan fingerprint density at radius 2 is 2.00 bits per heavy atom. The molecule has 0 saturated heterocycles. The summed E-state index contributed by atoms with van der Waals surface area (Å²) in [6, 6.07) is 7.58. The van der Waals surface area contributed by atoms with Crippen LogP contribution in [0.1, 0.15) is 44.6 Å². The number of nitrogens with zero attached hydrogens (tertiary/aromatic N) is 1. The second-order valence-electron chi connectivity index (χ2n) is 5.89. The molecule has 1 aromatic rings. The van der Waals surface area contributed by atoms with Crippen molar-refractivity contribution >= 4 is 8.32 Å². The maximum atomic E-state index is 9.54. The van der Waals surface area contributed by atoms with E-state index in [-0.39, 0.29) is 12.7 Å². The molecule has 1 aliphatic rings. The lowest BCUT2D eigenvalue weighted by Gasteiger charge is -2.37. The Labute approximate surface area is 123 Å². The van der Waals surface area contributed by atoms with E-state index in [0.29, 0.717) is 5.92 Å². The third-order valence-electron chi connectivity index (χ3n) is 4.87. The monoisotopic (exact) mass is 293 g/mol. The first kappa shape index (κ1) is 15.7. The first-order valence-electron chi connectivity index (χ1n) is 7.90. The van der Waals surface area contributed by atoms with Crippen LogP contribution in [-0.4, -0.2) is 25.0 Å². The standard InChI is InChI=1S/C16H27NO2Si/c1-4-20(5-2,6-3)19-15-11-13(12-18)10-14-8-7-9-17-16(14)15/h7-9,13,15,18H,4-6,10-12H2,1-3H3. The number of aromatic nitrogens is 1. The minimum Gasteiger partial charge on any atom is -0.408 e. The Kier molecular flexibility index (Phi) is 5.35. The highest BCUT2D eigenvalue weighted by Gasteiger charge is 2.36. The number of aliphatic hydroxyl groups is 1. The van der Waals surface area contributed by atoms with Gasteiger partial charge in [-0.25, -0.2) is 0 Å². The van der Waals surface area contributed by atoms with Gasteiger partial charge in [0.2, 0.25) is 0 Å². The number of hydrogen-bond acceptors (Lipinski definition) is 3. The zero-order chi connectivity index (χ0) is 14.6. The summed E-state index contributed by atoms with van der Waals surface area (Å²) in [6.45, 7) is 7.01. The van der Waals surface area contributed by atoms with Gasteiger partial charge in [-0.15, -0.1) is 0 Å². The molecular weight excluding hydrogens is 266 g/mol. The predicted octanol–water partition coefficient (Wildman–Crippen LogP) is 3.70. The van der Waals surface area contributed by atoms with Crippen molar-refractivity contribution in [3.8, 4) is 0 Å². The van der Waals surface area contributed by atoms with Crippen molar-refractivity contribution in [2.24, 2.45) is 5.92 Å². The Balaban J connectivity index is 2.26. The van der Waals surface area contributed by atoms with Crippen molar-refractivity contribution in [3.63, 3.8) is 0 Å². The van der Waals surface area contributed by atoms with E-state index in [1.54, 1.807) is 0 Å². The van der Waals surface area contributed by atoms with Crippen molar-refractivity contribution in [3.05, 3.63) is 29.6 Å². The molecule has 0 amide bonds. The second kappa shape index (κ2) is 6.83. The van der Waals surface area contributed by atoms with Crippen molar-refractivity contribution < 1.29 is 9.53 Å². The highest BCUT2D eigenvalue weighted by Crippen LogP contribution is 2.38. The Hall–Kier alpha value is -0.713. The van der Waals surface area contributed by atoms with Crippen LogP contribution < -0.4 is 0 Å². The molecule has 0 radical (unpaired) electrons. The van der Waals surface area contributed by atoms with Crippen molar-refractivity contribution in [1.29, 1.82) is 0 Å². The maximum absolute atomic E-state index is 9.54. The van der Waals surface area contributed by atoms with Gasteiger partial charge in [0.05, 0.1) is 11.8 Å². The number of hydrogen-bond donors (Lipinski definition) is 1. The fourth-order valence-electron chi connectivity index (χ4n) is 3.27. The molecule has 0 spiro atoms. The summed E-state index contributed by atoms with van der Waals surface area (Å²) in [7, 11) is -1.64. The van der Waals surface area contributed by atoms with Crippen molar-refractivity contribution in [2.45, 2.75) is 57.8 Å². The highest BCUT2D eigenvalue weighted by molar-refractivity contribution is 6.73. The molecule has 2 unspecified atom stereocenters. The van der Waals surface area contributed by atoms with Crippen LogP contribution in [0.5, 0.6) is 0 Å². The Bertz CT molecular complexity index is 426. The maximum Gasteiger partial charge on any atom is 0.192 e. The van der Waals surface area contributed by atoms with E-state index in [1.165, 1.54) is 5.56 Å². The molecule has 1 aromatic heterocycles. The zero-order valence-electron chi connectivity index (χ0n) is 12.9. The molecule has 3 nitrogen and oxygen atoms in total. The molecule has 0 fully saturated rings. The fraction of sp³-hybridized carbons (Fsp3) is 0.688. The molecule has 112 valence electrons. The number of aliphatic hydroxyl groups excluding tert-OH is 1. The molecule has 0 aliphatic heterocycles. The van der Waals surface area contributed by atoms with Gasteiger partial charge in [-0.3, -0.25) is 4.98 Å². The van der Waals surface area contributed by atoms with E-state index in [9.17, 15) is 5.11 Å². The van der Waals surface area contributed by atoms with E-state index in [4.69, 9.17) is 4.43 Å². The molecule has 0 bridgehead atoms. The van der Waals surface area contributed by atoms with Crippen LogP contribution >= 0.6 is 0 Å². The van der Waals surface area contributed by atoms with Crippen LogP contribution in [0, 0.1) is 5.92 Å². The van der Waals surface area contributed by atoms with Gasteiger partial charge in [0, 0.05) is 12.8 Å². The molecule has 20 heavy (non-hydrogen) atoms. The Morgan fingerprint density at radius 1 is 1.30 bits per heavy atom. The predicted molar refractivity (Wildman–Crippen MR) is 84.2 cm³/mol. The third kappa shape index (κ3) is 3.13. The smallest absolute Gasteiger partial charge is 0.192 e. The first-order chi connectivity index (χ1) is 9.68. The summed E-state index contributed by atoms with van der Waals surface area (Å²) in [5.74, 6) is 0.314. The molecule has 1 aliphatic carbocycles. The van der Waals surface area contributed by atoms with Gasteiger partial charge in [-0.05, 0) is 48.5 Å². The summed E-state index contributed by atoms with van der Waals surface area (Å²) in [5, 5.41) is 9.54. The number of rotatable bonds is 6. The van der Waals surface area contributed by atoms with Crippen LogP contribution in [0.4, 0.5) is 0 Å². The van der Waals surface area contributed by atoms with Gasteiger partial charge in [0.1, 0.15) is 0 Å². The van der Waals surface area contributed by atoms with E-state index in [2.05, 4.69) is 31.8 Å². The van der Waals surface area contributed by atoms with Crippen molar-refractivity contribution in [1.82, 2.24) is 4.98 Å². The van der Waals surface area contributed by atoms with Gasteiger partial charge in [-0.1, -0.05) is 26.8 Å². The lowest BCUT2D eigenvalue weighted by atomic mass is 9.85. The van der Waals surface area contributed by atoms with Crippen LogP contribution in [0.2, 0.25) is 18.1 Å².